The predicted molar refractivity (Wildman–Crippen MR) is 113 cm³/mol. The molecule has 0 unspecified atom stereocenters. The number of aliphatic hydroxyl groups is 1. The van der Waals surface area contributed by atoms with Gasteiger partial charge in [0.2, 0.25) is 0 Å². The number of nitrogens with one attached hydrogen (secondary N) is 2. The van der Waals surface area contributed by atoms with Gasteiger partial charge in [-0.3, -0.25) is 10.2 Å². The zero-order valence-corrected chi connectivity index (χ0v) is 21.6. The molecule has 0 bridgehead atoms. The number of pyridine rings is 1. The average Bonchev–Trinajstić information content (AvgIpc) is 3.30. The van der Waals surface area contributed by atoms with Crippen molar-refractivity contribution in [1.29, 1.82) is 0 Å². The van der Waals surface area contributed by atoms with E-state index < -0.39 is 15.3 Å². The monoisotopic (exact) mass is 610 g/mol. The van der Waals surface area contributed by atoms with Crippen LogP contribution in [0.5, 0.6) is 0 Å². The molecule has 0 amide bonds. The summed E-state index contributed by atoms with van der Waals surface area (Å²) >= 11 is 0. The third-order valence-corrected chi connectivity index (χ3v) is 2.69. The summed E-state index contributed by atoms with van der Waals surface area (Å²) in [5.41, 5.74) is 5.43. The Bertz CT molecular complexity index is 901. The van der Waals surface area contributed by atoms with Crippen LogP contribution < -0.4 is 0 Å². The molecule has 3 rings (SSSR count). The summed E-state index contributed by atoms with van der Waals surface area (Å²) in [6.45, 7) is 5.87. The van der Waals surface area contributed by atoms with Crippen LogP contribution in [0.3, 0.4) is 0 Å². The second kappa shape index (κ2) is 20.0. The molecule has 0 spiro atoms. The molecule has 0 atom stereocenters. The predicted octanol–water partition coefficient (Wildman–Crippen LogP) is 1.76. The molecule has 0 aliphatic carbocycles. The second-order valence-electron chi connectivity index (χ2n) is 5.27. The topological polar surface area (TPSA) is 289 Å². The van der Waals surface area contributed by atoms with E-state index in [0.717, 1.165) is 34.2 Å². The number of aromatic amines is 2. The average molecular weight is 610 g/mol. The summed E-state index contributed by atoms with van der Waals surface area (Å²) in [5.74, 6) is 0. The Morgan fingerprint density at radius 1 is 0.765 bits per heavy atom. The maximum Gasteiger partial charge on any atom is 3.00 e. The molecule has 3 N–H and O–H groups in total. The molecule has 182 valence electrons. The van der Waals surface area contributed by atoms with Crippen molar-refractivity contribution in [1.82, 2.24) is 25.4 Å². The maximum atomic E-state index is 8.25. The van der Waals surface area contributed by atoms with Crippen LogP contribution >= 0.6 is 0 Å². The van der Waals surface area contributed by atoms with E-state index in [1.807, 2.05) is 44.2 Å². The number of rotatable bonds is 2. The van der Waals surface area contributed by atoms with Crippen LogP contribution in [-0.2, 0) is 0 Å². The standard InChI is InChI=1S/C13H13N5.C2H6O.La.3NO3/c1-8-6-12(17-15-8)10-4-3-5-11(14-10)13-7-9(2)16-18-13;1-2-3;;3*2-1(3)4/h3-7H,1-2H3,(H,15,17)(H,16,18);3H,2H2,1H3;;;;/q;;+3;3*-1. The molecule has 0 saturated carbocycles. The fourth-order valence-electron chi connectivity index (χ4n) is 1.82. The molecule has 34 heavy (non-hydrogen) atoms. The van der Waals surface area contributed by atoms with Crippen molar-refractivity contribution >= 4 is 0 Å². The summed E-state index contributed by atoms with van der Waals surface area (Å²) in [6, 6.07) is 9.80. The fourth-order valence-corrected chi connectivity index (χ4v) is 1.82. The molecule has 18 nitrogen and oxygen atoms in total. The smallest absolute Gasteiger partial charge is 0.397 e. The third kappa shape index (κ3) is 20.2. The first-order valence-electron chi connectivity index (χ1n) is 8.41. The quantitative estimate of drug-likeness (QED) is 0.276. The molecule has 0 aromatic carbocycles. The van der Waals surface area contributed by atoms with Crippen LogP contribution in [0.4, 0.5) is 0 Å². The van der Waals surface area contributed by atoms with Gasteiger partial charge in [0.05, 0.1) is 26.6 Å². The van der Waals surface area contributed by atoms with E-state index in [1.54, 1.807) is 6.92 Å². The van der Waals surface area contributed by atoms with E-state index in [0.29, 0.717) is 0 Å². The number of aromatic nitrogens is 5. The molecular weight excluding hydrogens is 591 g/mol. The Hall–Kier alpha value is -3.68. The van der Waals surface area contributed by atoms with Gasteiger partial charge in [-0.05, 0) is 45.0 Å². The number of aliphatic hydroxyl groups excluding tert-OH is 1. The SMILES string of the molecule is CCO.Cc1cc(-c2cccc(-c3cc(C)[nH]n3)n2)n[nH]1.O=[N+]([O-])[O-].O=[N+]([O-])[O-].O=[N+]([O-])[O-].[La+3]. The molecule has 0 saturated heterocycles. The van der Waals surface area contributed by atoms with Gasteiger partial charge in [-0.15, -0.1) is 0 Å². The van der Waals surface area contributed by atoms with Crippen molar-refractivity contribution < 1.29 is 56.0 Å². The number of hydrogen-bond donors (Lipinski definition) is 3. The summed E-state index contributed by atoms with van der Waals surface area (Å²) in [7, 11) is 0. The first-order valence-corrected chi connectivity index (χ1v) is 8.41. The van der Waals surface area contributed by atoms with E-state index in [4.69, 9.17) is 51.1 Å². The Morgan fingerprint density at radius 3 is 1.24 bits per heavy atom. The van der Waals surface area contributed by atoms with Crippen molar-refractivity contribution in [2.45, 2.75) is 20.8 Å². The molecule has 19 heteroatoms. The zero-order valence-electron chi connectivity index (χ0n) is 18.0. The van der Waals surface area contributed by atoms with Crippen molar-refractivity contribution in [2.75, 3.05) is 6.61 Å². The van der Waals surface area contributed by atoms with Crippen LogP contribution in [0.25, 0.3) is 22.8 Å². The first kappa shape index (κ1) is 34.9. The first-order chi connectivity index (χ1) is 15.3. The molecule has 3 heterocycles. The molecule has 0 radical (unpaired) electrons. The zero-order chi connectivity index (χ0) is 26.0. The molecule has 3 aromatic rings. The number of hydrogen-bond acceptors (Lipinski definition) is 13. The molecular formula is C15H19LaN8O10. The number of nitrogens with zero attached hydrogens (tertiary/aromatic N) is 6. The minimum Gasteiger partial charge on any atom is -0.397 e. The van der Waals surface area contributed by atoms with Crippen LogP contribution in [0.15, 0.2) is 30.3 Å². The van der Waals surface area contributed by atoms with Gasteiger partial charge in [0.15, 0.2) is 0 Å². The Balaban J connectivity index is -0.000000500. The minimum absolute atomic E-state index is 0. The van der Waals surface area contributed by atoms with Crippen LogP contribution in [0.1, 0.15) is 18.3 Å². The summed E-state index contributed by atoms with van der Waals surface area (Å²) < 4.78 is 0. The van der Waals surface area contributed by atoms with Gasteiger partial charge in [0.25, 0.3) is 0 Å². The molecule has 0 aliphatic heterocycles. The Kier molecular flexibility index (Phi) is 20.5. The summed E-state index contributed by atoms with van der Waals surface area (Å²) in [6.07, 6.45) is 0. The molecule has 0 aliphatic rings. The van der Waals surface area contributed by atoms with Gasteiger partial charge in [0, 0.05) is 18.0 Å². The van der Waals surface area contributed by atoms with E-state index >= 15 is 0 Å². The van der Waals surface area contributed by atoms with Crippen LogP contribution in [0.2, 0.25) is 0 Å². The third-order valence-electron chi connectivity index (χ3n) is 2.69. The van der Waals surface area contributed by atoms with Gasteiger partial charge in [0.1, 0.15) is 11.4 Å². The van der Waals surface area contributed by atoms with Crippen LogP contribution in [-0.4, -0.2) is 52.4 Å². The maximum absolute atomic E-state index is 8.25. The van der Waals surface area contributed by atoms with Gasteiger partial charge in [-0.2, -0.15) is 10.2 Å². The Morgan fingerprint density at radius 2 is 1.03 bits per heavy atom. The van der Waals surface area contributed by atoms with Gasteiger partial charge < -0.3 is 51.1 Å². The number of aryl methyl sites for hydroxylation is 2. The van der Waals surface area contributed by atoms with E-state index in [1.165, 1.54) is 0 Å². The Labute approximate surface area is 218 Å². The normalized spacial score (nSPS) is 8.35. The van der Waals surface area contributed by atoms with Gasteiger partial charge in [-0.1, -0.05) is 6.07 Å². The van der Waals surface area contributed by atoms with Crippen molar-refractivity contribution in [3.05, 3.63) is 87.7 Å². The number of H-pyrrole nitrogens is 2. The van der Waals surface area contributed by atoms with Gasteiger partial charge in [-0.25, -0.2) is 4.98 Å². The van der Waals surface area contributed by atoms with E-state index in [2.05, 4.69) is 25.4 Å². The van der Waals surface area contributed by atoms with E-state index in [-0.39, 0.29) is 42.2 Å². The second-order valence-corrected chi connectivity index (χ2v) is 5.27. The van der Waals surface area contributed by atoms with E-state index in [9.17, 15) is 0 Å². The summed E-state index contributed by atoms with van der Waals surface area (Å²) in [4.78, 5) is 29.3. The fraction of sp³-hybridized carbons (Fsp3) is 0.267. The minimum atomic E-state index is -1.75. The van der Waals surface area contributed by atoms with Gasteiger partial charge >= 0.3 is 35.6 Å². The van der Waals surface area contributed by atoms with Crippen molar-refractivity contribution in [3.8, 4) is 22.8 Å². The largest absolute Gasteiger partial charge is 3.00 e. The molecule has 0 fully saturated rings. The van der Waals surface area contributed by atoms with Crippen molar-refractivity contribution in [2.24, 2.45) is 0 Å². The summed E-state index contributed by atoms with van der Waals surface area (Å²) in [5, 5.41) is 66.1. The molecule has 3 aromatic heterocycles. The van der Waals surface area contributed by atoms with Crippen molar-refractivity contribution in [3.63, 3.8) is 0 Å². The van der Waals surface area contributed by atoms with Crippen LogP contribution in [0, 0.1) is 95.4 Å².